The smallest absolute Gasteiger partial charge is 0.310 e. The van der Waals surface area contributed by atoms with Crippen molar-refractivity contribution in [3.8, 4) is 0 Å². The predicted molar refractivity (Wildman–Crippen MR) is 73.3 cm³/mol. The first-order chi connectivity index (χ1) is 9.48. The standard InChI is InChI=1S/C12H18N2O6S/c1-12(2,11(16)17)7-13-10(15)8-5-6-9(20-8)21(18,19)14(3)4/h5-6H,7H2,1-4H3,(H,13,15)(H,16,17). The molecule has 0 saturated carbocycles. The quantitative estimate of drug-likeness (QED) is 0.782. The molecule has 1 aromatic rings. The van der Waals surface area contributed by atoms with E-state index in [1.54, 1.807) is 0 Å². The van der Waals surface area contributed by atoms with Gasteiger partial charge in [-0.05, 0) is 26.0 Å². The number of aliphatic carboxylic acids is 1. The van der Waals surface area contributed by atoms with Gasteiger partial charge in [0.1, 0.15) is 0 Å². The van der Waals surface area contributed by atoms with Gasteiger partial charge in [0.25, 0.3) is 15.9 Å². The van der Waals surface area contributed by atoms with E-state index < -0.39 is 27.3 Å². The third-order valence-corrected chi connectivity index (χ3v) is 4.50. The Morgan fingerprint density at radius 1 is 1.33 bits per heavy atom. The molecule has 0 fully saturated rings. The van der Waals surface area contributed by atoms with Crippen LogP contribution in [-0.4, -0.2) is 50.3 Å². The highest BCUT2D eigenvalue weighted by atomic mass is 32.2. The van der Waals surface area contributed by atoms with Crippen molar-refractivity contribution in [1.29, 1.82) is 0 Å². The molecule has 0 aliphatic heterocycles. The van der Waals surface area contributed by atoms with Crippen LogP contribution in [0.5, 0.6) is 0 Å². The van der Waals surface area contributed by atoms with Gasteiger partial charge in [-0.1, -0.05) is 0 Å². The molecule has 9 heteroatoms. The van der Waals surface area contributed by atoms with Crippen LogP contribution in [0.2, 0.25) is 0 Å². The van der Waals surface area contributed by atoms with Gasteiger partial charge in [0, 0.05) is 20.6 Å². The summed E-state index contributed by atoms with van der Waals surface area (Å²) in [5, 5.41) is 11.0. The van der Waals surface area contributed by atoms with Crippen molar-refractivity contribution < 1.29 is 27.5 Å². The lowest BCUT2D eigenvalue weighted by Crippen LogP contribution is -2.38. The van der Waals surface area contributed by atoms with Crippen molar-refractivity contribution >= 4 is 21.9 Å². The Morgan fingerprint density at radius 2 is 1.90 bits per heavy atom. The molecule has 1 rings (SSSR count). The Balaban J connectivity index is 2.83. The Hall–Kier alpha value is -1.87. The van der Waals surface area contributed by atoms with E-state index in [4.69, 9.17) is 9.52 Å². The second-order valence-electron chi connectivity index (χ2n) is 5.28. The van der Waals surface area contributed by atoms with Gasteiger partial charge in [0.2, 0.25) is 5.09 Å². The number of furan rings is 1. The Bertz CT molecular complexity index is 644. The number of rotatable bonds is 6. The van der Waals surface area contributed by atoms with Gasteiger partial charge in [0.05, 0.1) is 5.41 Å². The monoisotopic (exact) mass is 318 g/mol. The lowest BCUT2D eigenvalue weighted by atomic mass is 9.94. The van der Waals surface area contributed by atoms with Gasteiger partial charge >= 0.3 is 5.97 Å². The zero-order valence-corrected chi connectivity index (χ0v) is 13.0. The Morgan fingerprint density at radius 3 is 2.38 bits per heavy atom. The maximum Gasteiger partial charge on any atom is 0.310 e. The summed E-state index contributed by atoms with van der Waals surface area (Å²) in [4.78, 5) is 22.7. The minimum atomic E-state index is -3.75. The summed E-state index contributed by atoms with van der Waals surface area (Å²) in [7, 11) is -1.07. The van der Waals surface area contributed by atoms with E-state index in [-0.39, 0.29) is 17.4 Å². The summed E-state index contributed by atoms with van der Waals surface area (Å²) in [5.41, 5.74) is -1.14. The van der Waals surface area contributed by atoms with Gasteiger partial charge in [-0.3, -0.25) is 9.59 Å². The molecule has 0 saturated heterocycles. The number of carboxylic acid groups (broad SMARTS) is 1. The molecule has 1 amide bonds. The number of carbonyl (C=O) groups excluding carboxylic acids is 1. The van der Waals surface area contributed by atoms with Crippen molar-refractivity contribution in [3.05, 3.63) is 17.9 Å². The highest BCUT2D eigenvalue weighted by Gasteiger charge is 2.29. The van der Waals surface area contributed by atoms with Crippen molar-refractivity contribution in [3.63, 3.8) is 0 Å². The highest BCUT2D eigenvalue weighted by molar-refractivity contribution is 7.88. The normalized spacial score (nSPS) is 12.4. The first-order valence-corrected chi connectivity index (χ1v) is 7.46. The molecule has 0 aliphatic carbocycles. The van der Waals surface area contributed by atoms with Gasteiger partial charge in [-0.25, -0.2) is 12.7 Å². The molecule has 0 aliphatic rings. The maximum atomic E-state index is 11.8. The van der Waals surface area contributed by atoms with Crippen LogP contribution in [0.4, 0.5) is 0 Å². The largest absolute Gasteiger partial charge is 0.481 e. The molecule has 0 bridgehead atoms. The molecule has 1 aromatic heterocycles. The SMILES string of the molecule is CN(C)S(=O)(=O)c1ccc(C(=O)NCC(C)(C)C(=O)O)o1. The van der Waals surface area contributed by atoms with Crippen LogP contribution in [0.25, 0.3) is 0 Å². The number of carbonyl (C=O) groups is 2. The number of nitrogens with zero attached hydrogens (tertiary/aromatic N) is 1. The summed E-state index contributed by atoms with van der Waals surface area (Å²) in [6, 6.07) is 2.39. The summed E-state index contributed by atoms with van der Waals surface area (Å²) >= 11 is 0. The van der Waals surface area contributed by atoms with Crippen molar-refractivity contribution in [2.24, 2.45) is 5.41 Å². The minimum absolute atomic E-state index is 0.113. The Labute approximate surface area is 122 Å². The summed E-state index contributed by atoms with van der Waals surface area (Å²) < 4.78 is 29.6. The molecule has 8 nitrogen and oxygen atoms in total. The number of sulfonamides is 1. The van der Waals surface area contributed by atoms with E-state index in [0.29, 0.717) is 0 Å². The summed E-state index contributed by atoms with van der Waals surface area (Å²) in [6.07, 6.45) is 0. The van der Waals surface area contributed by atoms with E-state index in [0.717, 1.165) is 4.31 Å². The lowest BCUT2D eigenvalue weighted by molar-refractivity contribution is -0.146. The van der Waals surface area contributed by atoms with Crippen LogP contribution < -0.4 is 5.32 Å². The van der Waals surface area contributed by atoms with Gasteiger partial charge in [-0.15, -0.1) is 0 Å². The third-order valence-electron chi connectivity index (χ3n) is 2.81. The van der Waals surface area contributed by atoms with E-state index >= 15 is 0 Å². The molecular formula is C12H18N2O6S. The molecule has 118 valence electrons. The van der Waals surface area contributed by atoms with E-state index in [9.17, 15) is 18.0 Å². The first-order valence-electron chi connectivity index (χ1n) is 6.02. The third kappa shape index (κ3) is 3.82. The number of nitrogens with one attached hydrogen (secondary N) is 1. The van der Waals surface area contributed by atoms with Crippen LogP contribution in [0, 0.1) is 5.41 Å². The van der Waals surface area contributed by atoms with Gasteiger partial charge in [-0.2, -0.15) is 0 Å². The number of amides is 1. The minimum Gasteiger partial charge on any atom is -0.481 e. The maximum absolute atomic E-state index is 11.8. The lowest BCUT2D eigenvalue weighted by Gasteiger charge is -2.18. The summed E-state index contributed by atoms with van der Waals surface area (Å²) in [5.74, 6) is -1.93. The fraction of sp³-hybridized carbons (Fsp3) is 0.500. The Kier molecular flexibility index (Phi) is 4.79. The van der Waals surface area contributed by atoms with Crippen LogP contribution in [0.3, 0.4) is 0 Å². The first kappa shape index (κ1) is 17.2. The predicted octanol–water partition coefficient (Wildman–Crippen LogP) is 0.370. The zero-order chi connectivity index (χ0) is 16.4. The average Bonchev–Trinajstić information content (AvgIpc) is 2.85. The van der Waals surface area contributed by atoms with E-state index in [2.05, 4.69) is 5.32 Å². The molecule has 21 heavy (non-hydrogen) atoms. The molecular weight excluding hydrogens is 300 g/mol. The number of hydrogen-bond donors (Lipinski definition) is 2. The van der Waals surface area contributed by atoms with Crippen LogP contribution >= 0.6 is 0 Å². The van der Waals surface area contributed by atoms with Gasteiger partial charge in [0.15, 0.2) is 5.76 Å². The van der Waals surface area contributed by atoms with Crippen molar-refractivity contribution in [1.82, 2.24) is 9.62 Å². The number of carboxylic acids is 1. The molecule has 0 spiro atoms. The second kappa shape index (κ2) is 5.86. The van der Waals surface area contributed by atoms with Crippen LogP contribution in [-0.2, 0) is 14.8 Å². The zero-order valence-electron chi connectivity index (χ0n) is 12.2. The number of hydrogen-bond acceptors (Lipinski definition) is 5. The molecule has 2 N–H and O–H groups in total. The fourth-order valence-electron chi connectivity index (χ4n) is 1.22. The van der Waals surface area contributed by atoms with E-state index in [1.165, 1.54) is 40.1 Å². The molecule has 1 heterocycles. The van der Waals surface area contributed by atoms with Gasteiger partial charge < -0.3 is 14.8 Å². The average molecular weight is 318 g/mol. The van der Waals surface area contributed by atoms with Crippen LogP contribution in [0.15, 0.2) is 21.6 Å². The fourth-order valence-corrected chi connectivity index (χ4v) is 2.02. The highest BCUT2D eigenvalue weighted by Crippen LogP contribution is 2.18. The second-order valence-corrected chi connectivity index (χ2v) is 7.36. The molecule has 0 radical (unpaired) electrons. The van der Waals surface area contributed by atoms with Crippen molar-refractivity contribution in [2.75, 3.05) is 20.6 Å². The topological polar surface area (TPSA) is 117 Å². The van der Waals surface area contributed by atoms with Crippen molar-refractivity contribution in [2.45, 2.75) is 18.9 Å². The summed E-state index contributed by atoms with van der Waals surface area (Å²) in [6.45, 7) is 2.80. The van der Waals surface area contributed by atoms with E-state index in [1.807, 2.05) is 0 Å². The molecule has 0 unspecified atom stereocenters. The molecule has 0 aromatic carbocycles. The molecule has 0 atom stereocenters. The van der Waals surface area contributed by atoms with Crippen LogP contribution in [0.1, 0.15) is 24.4 Å².